The fourth-order valence-corrected chi connectivity index (χ4v) is 4.92. The van der Waals surface area contributed by atoms with Gasteiger partial charge in [-0.05, 0) is 80.4 Å². The van der Waals surface area contributed by atoms with Gasteiger partial charge in [0.15, 0.2) is 5.11 Å². The Morgan fingerprint density at radius 2 is 1.83 bits per heavy atom. The number of rotatable bonds is 6. The van der Waals surface area contributed by atoms with Gasteiger partial charge in [0, 0.05) is 29.8 Å². The molecule has 1 aliphatic rings. The van der Waals surface area contributed by atoms with Gasteiger partial charge in [-0.15, -0.1) is 0 Å². The largest absolute Gasteiger partial charge is 0.352 e. The maximum absolute atomic E-state index is 5.74. The fraction of sp³-hybridized carbons (Fsp3) is 0.360. The van der Waals surface area contributed by atoms with Crippen molar-refractivity contribution in [3.63, 3.8) is 0 Å². The molecule has 30 heavy (non-hydrogen) atoms. The summed E-state index contributed by atoms with van der Waals surface area (Å²) in [5.41, 5.74) is 7.40. The van der Waals surface area contributed by atoms with E-state index in [1.165, 1.54) is 28.2 Å². The van der Waals surface area contributed by atoms with E-state index in [0.29, 0.717) is 0 Å². The quantitative estimate of drug-likeness (QED) is 0.541. The van der Waals surface area contributed by atoms with Crippen LogP contribution in [0.3, 0.4) is 0 Å². The van der Waals surface area contributed by atoms with Gasteiger partial charge in [0.1, 0.15) is 0 Å². The van der Waals surface area contributed by atoms with Crippen molar-refractivity contribution in [1.29, 1.82) is 0 Å². The van der Waals surface area contributed by atoms with Crippen LogP contribution in [-0.2, 0) is 6.42 Å². The summed E-state index contributed by atoms with van der Waals surface area (Å²) in [6.07, 6.45) is 3.96. The maximum Gasteiger partial charge on any atom is 0.170 e. The summed E-state index contributed by atoms with van der Waals surface area (Å²) < 4.78 is 2.36. The monoisotopic (exact) mass is 418 g/mol. The Morgan fingerprint density at radius 1 is 1.07 bits per heavy atom. The first-order valence-corrected chi connectivity index (χ1v) is 11.2. The molecule has 0 bridgehead atoms. The molecule has 2 aromatic heterocycles. The molecule has 4 nitrogen and oxygen atoms in total. The Bertz CT molecular complexity index is 1020. The molecule has 0 unspecified atom stereocenters. The minimum absolute atomic E-state index is 0.0432. The van der Waals surface area contributed by atoms with Crippen molar-refractivity contribution in [1.82, 2.24) is 19.8 Å². The van der Waals surface area contributed by atoms with Gasteiger partial charge in [0.2, 0.25) is 0 Å². The van der Waals surface area contributed by atoms with Crippen LogP contribution in [0.1, 0.15) is 60.6 Å². The van der Waals surface area contributed by atoms with Gasteiger partial charge in [0.25, 0.3) is 0 Å². The first-order valence-electron chi connectivity index (χ1n) is 10.8. The van der Waals surface area contributed by atoms with E-state index in [0.717, 1.165) is 30.2 Å². The van der Waals surface area contributed by atoms with E-state index in [4.69, 9.17) is 12.2 Å². The molecule has 1 saturated heterocycles. The van der Waals surface area contributed by atoms with Crippen LogP contribution in [0.5, 0.6) is 0 Å². The molecule has 0 radical (unpaired) electrons. The van der Waals surface area contributed by atoms with Crippen molar-refractivity contribution in [2.75, 3.05) is 6.54 Å². The predicted octanol–water partition coefficient (Wildman–Crippen LogP) is 5.43. The number of aryl methyl sites for hydroxylation is 2. The third kappa shape index (κ3) is 3.63. The summed E-state index contributed by atoms with van der Waals surface area (Å²) in [5, 5.41) is 4.36. The van der Waals surface area contributed by atoms with Gasteiger partial charge in [-0.2, -0.15) is 0 Å². The highest BCUT2D eigenvalue weighted by Gasteiger charge is 2.40. The van der Waals surface area contributed by atoms with Crippen molar-refractivity contribution in [2.45, 2.75) is 52.6 Å². The average Bonchev–Trinajstić information content (AvgIpc) is 3.24. The molecule has 3 aromatic rings. The summed E-state index contributed by atoms with van der Waals surface area (Å²) in [4.78, 5) is 6.98. The zero-order valence-electron chi connectivity index (χ0n) is 18.2. The molecule has 1 aromatic carbocycles. The van der Waals surface area contributed by atoms with E-state index in [-0.39, 0.29) is 12.1 Å². The lowest BCUT2D eigenvalue weighted by Crippen LogP contribution is -2.30. The van der Waals surface area contributed by atoms with Crippen LogP contribution in [0.4, 0.5) is 0 Å². The van der Waals surface area contributed by atoms with Crippen LogP contribution in [0, 0.1) is 13.8 Å². The van der Waals surface area contributed by atoms with Gasteiger partial charge in [-0.25, -0.2) is 0 Å². The highest BCUT2D eigenvalue weighted by Crippen LogP contribution is 2.41. The number of nitrogens with one attached hydrogen (secondary N) is 1. The number of thiocarbonyl (C=S) groups is 1. The molecule has 2 atom stereocenters. The van der Waals surface area contributed by atoms with Crippen LogP contribution in [0.25, 0.3) is 5.69 Å². The Labute approximate surface area is 184 Å². The van der Waals surface area contributed by atoms with Crippen LogP contribution < -0.4 is 5.32 Å². The van der Waals surface area contributed by atoms with Crippen LogP contribution in [0.2, 0.25) is 0 Å². The smallest absolute Gasteiger partial charge is 0.170 e. The third-order valence-corrected chi connectivity index (χ3v) is 6.41. The lowest BCUT2D eigenvalue weighted by Gasteiger charge is -2.27. The van der Waals surface area contributed by atoms with Gasteiger partial charge in [-0.3, -0.25) is 4.98 Å². The van der Waals surface area contributed by atoms with E-state index < -0.39 is 0 Å². The van der Waals surface area contributed by atoms with Crippen molar-refractivity contribution in [2.24, 2.45) is 0 Å². The Morgan fingerprint density at radius 3 is 2.47 bits per heavy atom. The Hall–Kier alpha value is -2.66. The molecule has 3 heterocycles. The number of benzene rings is 1. The highest BCUT2D eigenvalue weighted by molar-refractivity contribution is 7.80. The average molecular weight is 419 g/mol. The molecule has 156 valence electrons. The molecule has 0 saturated carbocycles. The molecular weight excluding hydrogens is 388 g/mol. The maximum atomic E-state index is 5.74. The number of aromatic nitrogens is 2. The van der Waals surface area contributed by atoms with E-state index in [2.05, 4.69) is 83.9 Å². The molecule has 5 heteroatoms. The normalized spacial score (nSPS) is 18.7. The lowest BCUT2D eigenvalue weighted by molar-refractivity contribution is 0.316. The Balaban J connectivity index is 1.80. The highest BCUT2D eigenvalue weighted by atomic mass is 32.1. The zero-order chi connectivity index (χ0) is 21.3. The summed E-state index contributed by atoms with van der Waals surface area (Å²) in [6.45, 7) is 9.72. The van der Waals surface area contributed by atoms with E-state index in [1.807, 2.05) is 18.3 Å². The van der Waals surface area contributed by atoms with Crippen molar-refractivity contribution in [3.8, 4) is 5.69 Å². The zero-order valence-corrected chi connectivity index (χ0v) is 19.0. The summed E-state index contributed by atoms with van der Waals surface area (Å²) in [5.74, 6) is 0. The molecule has 1 aliphatic heterocycles. The van der Waals surface area contributed by atoms with Gasteiger partial charge >= 0.3 is 0 Å². The topological polar surface area (TPSA) is 33.1 Å². The molecule has 4 rings (SSSR count). The summed E-state index contributed by atoms with van der Waals surface area (Å²) >= 11 is 5.74. The van der Waals surface area contributed by atoms with Crippen molar-refractivity contribution >= 4 is 17.3 Å². The Kier molecular flexibility index (Phi) is 5.91. The van der Waals surface area contributed by atoms with Gasteiger partial charge in [0.05, 0.1) is 17.8 Å². The second kappa shape index (κ2) is 8.60. The van der Waals surface area contributed by atoms with Crippen molar-refractivity contribution < 1.29 is 0 Å². The van der Waals surface area contributed by atoms with E-state index in [9.17, 15) is 0 Å². The van der Waals surface area contributed by atoms with Crippen LogP contribution in [0.15, 0.2) is 54.7 Å². The van der Waals surface area contributed by atoms with Gasteiger partial charge in [-0.1, -0.05) is 32.0 Å². The number of pyridine rings is 1. The van der Waals surface area contributed by atoms with E-state index >= 15 is 0 Å². The third-order valence-electron chi connectivity index (χ3n) is 6.05. The number of nitrogens with zero attached hydrogens (tertiary/aromatic N) is 3. The minimum atomic E-state index is 0.0432. The van der Waals surface area contributed by atoms with Gasteiger partial charge < -0.3 is 14.8 Å². The second-order valence-electron chi connectivity index (χ2n) is 8.00. The van der Waals surface area contributed by atoms with Crippen molar-refractivity contribution in [3.05, 3.63) is 82.9 Å². The molecule has 1 fully saturated rings. The molecule has 0 amide bonds. The summed E-state index contributed by atoms with van der Waals surface area (Å²) in [6, 6.07) is 17.5. The first-order chi connectivity index (χ1) is 14.5. The fourth-order valence-electron chi connectivity index (χ4n) is 4.59. The first kappa shape index (κ1) is 20.6. The minimum Gasteiger partial charge on any atom is -0.352 e. The molecular formula is C25H30N4S. The summed E-state index contributed by atoms with van der Waals surface area (Å²) in [7, 11) is 0. The standard InChI is InChI=1S/C25H30N4S/c1-5-15-28-24(23(27-25(28)30)22-9-7-8-14-26-22)21-16-17(3)29(18(21)4)20-12-10-19(6-2)11-13-20/h7-14,16,23-24H,5-6,15H2,1-4H3,(H,27,30)/t23-,24-/m0/s1. The molecule has 0 aliphatic carbocycles. The predicted molar refractivity (Wildman–Crippen MR) is 127 cm³/mol. The van der Waals surface area contributed by atoms with Crippen LogP contribution in [-0.4, -0.2) is 26.1 Å². The number of hydrogen-bond acceptors (Lipinski definition) is 2. The molecule has 1 N–H and O–H groups in total. The number of hydrogen-bond donors (Lipinski definition) is 1. The lowest BCUT2D eigenvalue weighted by atomic mass is 9.96. The second-order valence-corrected chi connectivity index (χ2v) is 8.39. The van der Waals surface area contributed by atoms with Crippen LogP contribution >= 0.6 is 12.2 Å². The SMILES string of the molecule is CCCN1C(=S)N[C@@H](c2ccccn2)[C@@H]1c1cc(C)n(-c2ccc(CC)cc2)c1C. The van der Waals surface area contributed by atoms with E-state index in [1.54, 1.807) is 0 Å². The molecule has 0 spiro atoms.